The predicted molar refractivity (Wildman–Crippen MR) is 186 cm³/mol. The van der Waals surface area contributed by atoms with Crippen LogP contribution in [0.5, 0.6) is 0 Å². The normalized spacial score (nSPS) is 16.2. The van der Waals surface area contributed by atoms with Crippen LogP contribution in [0.4, 0.5) is 4.79 Å². The summed E-state index contributed by atoms with van der Waals surface area (Å²) in [5, 5.41) is 27.5. The van der Waals surface area contributed by atoms with Crippen molar-refractivity contribution in [1.29, 1.82) is 0 Å². The highest BCUT2D eigenvalue weighted by Gasteiger charge is 2.41. The lowest BCUT2D eigenvalue weighted by Crippen LogP contribution is -2.57. The lowest BCUT2D eigenvalue weighted by Gasteiger charge is -2.34. The Morgan fingerprint density at radius 1 is 1.10 bits per heavy atom. The van der Waals surface area contributed by atoms with Gasteiger partial charge in [-0.1, -0.05) is 63.2 Å². The van der Waals surface area contributed by atoms with Gasteiger partial charge in [-0.25, -0.2) is 26.6 Å². The molecule has 3 N–H and O–H groups in total. The number of amides is 3. The molecule has 1 aliphatic heterocycles. The number of hydrogen-bond donors (Lipinski definition) is 3. The number of sulfonamides is 1. The highest BCUT2D eigenvalue weighted by atomic mass is 32.2. The van der Waals surface area contributed by atoms with Gasteiger partial charge in [0.15, 0.2) is 0 Å². The molecule has 3 aromatic rings. The van der Waals surface area contributed by atoms with Crippen LogP contribution in [0.25, 0.3) is 0 Å². The average Bonchev–Trinajstić information content (AvgIpc) is 3.79. The fraction of sp³-hybridized carbons (Fsp3) is 0.500. The van der Waals surface area contributed by atoms with E-state index in [4.69, 9.17) is 9.62 Å². The van der Waals surface area contributed by atoms with Gasteiger partial charge in [0, 0.05) is 37.8 Å². The van der Waals surface area contributed by atoms with Gasteiger partial charge in [-0.05, 0) is 36.0 Å². The molecule has 0 aliphatic carbocycles. The fourth-order valence-corrected chi connectivity index (χ4v) is 8.90. The Morgan fingerprint density at radius 3 is 2.40 bits per heavy atom. The van der Waals surface area contributed by atoms with Crippen LogP contribution < -0.4 is 5.32 Å². The van der Waals surface area contributed by atoms with Crippen molar-refractivity contribution >= 4 is 49.4 Å². The predicted octanol–water partition coefficient (Wildman–Crippen LogP) is 2.65. The molecule has 3 atom stereocenters. The zero-order chi connectivity index (χ0) is 36.8. The van der Waals surface area contributed by atoms with Gasteiger partial charge >= 0.3 is 6.03 Å². The van der Waals surface area contributed by atoms with E-state index in [9.17, 15) is 31.5 Å². The molecule has 1 saturated heterocycles. The molecular weight excluding hydrogens is 709 g/mol. The van der Waals surface area contributed by atoms with Gasteiger partial charge in [-0.3, -0.25) is 4.79 Å². The van der Waals surface area contributed by atoms with Gasteiger partial charge in [0.2, 0.25) is 25.2 Å². The molecule has 15 nitrogen and oxygen atoms in total. The molecule has 1 aliphatic rings. The van der Waals surface area contributed by atoms with Crippen molar-refractivity contribution < 1.29 is 41.2 Å². The molecular formula is C32H44N6O9S3. The Bertz CT molecular complexity index is 1860. The summed E-state index contributed by atoms with van der Waals surface area (Å²) in [5.41, 5.74) is 1.21. The molecule has 1 fully saturated rings. The summed E-state index contributed by atoms with van der Waals surface area (Å²) in [6, 6.07) is 9.40. The Balaban J connectivity index is 1.56. The zero-order valence-corrected chi connectivity index (χ0v) is 31.0. The number of aliphatic hydroxyl groups is 1. The Kier molecular flexibility index (Phi) is 12.8. The molecule has 18 heteroatoms. The minimum atomic E-state index is -4.26. The van der Waals surface area contributed by atoms with E-state index in [2.05, 4.69) is 15.5 Å². The molecule has 0 bridgehead atoms. The summed E-state index contributed by atoms with van der Waals surface area (Å²) in [6.07, 6.45) is 0.805. The number of aromatic nitrogens is 1. The second-order valence-electron chi connectivity index (χ2n) is 13.0. The van der Waals surface area contributed by atoms with Gasteiger partial charge in [0.05, 0.1) is 24.4 Å². The molecule has 2 aromatic heterocycles. The minimum absolute atomic E-state index is 0.0188. The lowest BCUT2D eigenvalue weighted by molar-refractivity contribution is -0.128. The number of aliphatic hydroxyl groups excluding tert-OH is 1. The first-order chi connectivity index (χ1) is 23.5. The van der Waals surface area contributed by atoms with Gasteiger partial charge < -0.3 is 29.8 Å². The number of carbonyl (C=O) groups excluding carboxylic acids is 2. The summed E-state index contributed by atoms with van der Waals surface area (Å²) in [6.45, 7) is 7.51. The van der Waals surface area contributed by atoms with Gasteiger partial charge in [0.25, 0.3) is 10.0 Å². The molecule has 3 amide bonds. The van der Waals surface area contributed by atoms with Crippen LogP contribution in [0.2, 0.25) is 0 Å². The Hall–Kier alpha value is -3.84. The lowest BCUT2D eigenvalue weighted by atomic mass is 9.97. The maximum atomic E-state index is 14.1. The minimum Gasteiger partial charge on any atom is -0.442 e. The van der Waals surface area contributed by atoms with E-state index in [1.165, 1.54) is 21.9 Å². The van der Waals surface area contributed by atoms with E-state index in [0.717, 1.165) is 33.7 Å². The highest BCUT2D eigenvalue weighted by molar-refractivity contribution is 7.92. The second kappa shape index (κ2) is 16.5. The third kappa shape index (κ3) is 9.69. The highest BCUT2D eigenvalue weighted by Crippen LogP contribution is 2.24. The molecule has 0 radical (unpaired) electrons. The molecule has 1 aromatic carbocycles. The summed E-state index contributed by atoms with van der Waals surface area (Å²) in [4.78, 5) is 34.7. The molecule has 0 spiro atoms. The molecule has 50 heavy (non-hydrogen) atoms. The van der Waals surface area contributed by atoms with Crippen LogP contribution in [-0.4, -0.2) is 115 Å². The summed E-state index contributed by atoms with van der Waals surface area (Å²) in [7, 11) is -7.75. The Morgan fingerprint density at radius 2 is 1.80 bits per heavy atom. The number of benzene rings is 1. The van der Waals surface area contributed by atoms with Gasteiger partial charge in [0.1, 0.15) is 18.0 Å². The first-order valence-corrected chi connectivity index (χ1v) is 20.2. The van der Waals surface area contributed by atoms with E-state index in [1.807, 2.05) is 44.2 Å². The first kappa shape index (κ1) is 39.0. The van der Waals surface area contributed by atoms with Crippen LogP contribution in [-0.2, 0) is 37.6 Å². The monoisotopic (exact) mass is 752 g/mol. The average molecular weight is 753 g/mol. The van der Waals surface area contributed by atoms with Crippen LogP contribution in [0, 0.1) is 11.8 Å². The maximum absolute atomic E-state index is 14.1. The number of nitrogens with one attached hydrogen (secondary N) is 1. The fourth-order valence-electron chi connectivity index (χ4n) is 5.70. The number of rotatable bonds is 17. The maximum Gasteiger partial charge on any atom is 0.321 e. The summed E-state index contributed by atoms with van der Waals surface area (Å²) >= 11 is 0.979. The van der Waals surface area contributed by atoms with Crippen molar-refractivity contribution in [2.24, 2.45) is 17.0 Å². The summed E-state index contributed by atoms with van der Waals surface area (Å²) in [5.74, 6) is -0.965. The van der Waals surface area contributed by atoms with E-state index in [0.29, 0.717) is 5.69 Å². The van der Waals surface area contributed by atoms with E-state index in [1.54, 1.807) is 19.2 Å². The SMILES string of the molecule is CC(C)CN(C[C@@H](O)[C@H](Cc1ccccc1)NC(=O)[C@H](C(C)C)N1CCN(Cc2csc(S(C)(=O)=O)n2)C1=O)S(=O)(=O)c1ccc(/C=N\O)o1. The van der Waals surface area contributed by atoms with Crippen LogP contribution in [0.15, 0.2) is 66.8 Å². The number of sulfone groups is 1. The van der Waals surface area contributed by atoms with Crippen molar-refractivity contribution in [1.82, 2.24) is 24.4 Å². The van der Waals surface area contributed by atoms with Gasteiger partial charge in [-0.2, -0.15) is 4.31 Å². The topological polar surface area (TPSA) is 203 Å². The van der Waals surface area contributed by atoms with E-state index in [-0.39, 0.29) is 61.1 Å². The van der Waals surface area contributed by atoms with E-state index >= 15 is 0 Å². The van der Waals surface area contributed by atoms with Crippen LogP contribution in [0.3, 0.4) is 0 Å². The molecule has 0 unspecified atom stereocenters. The van der Waals surface area contributed by atoms with Crippen LogP contribution >= 0.6 is 11.3 Å². The van der Waals surface area contributed by atoms with Crippen LogP contribution in [0.1, 0.15) is 44.7 Å². The molecule has 3 heterocycles. The van der Waals surface area contributed by atoms with Gasteiger partial charge in [-0.15, -0.1) is 11.3 Å². The third-order valence-corrected chi connectivity index (χ3v) is 12.3. The quantitative estimate of drug-likeness (QED) is 0.105. The molecule has 274 valence electrons. The van der Waals surface area contributed by atoms with Crippen molar-refractivity contribution in [3.8, 4) is 0 Å². The van der Waals surface area contributed by atoms with E-state index < -0.39 is 55.1 Å². The van der Waals surface area contributed by atoms with Crippen molar-refractivity contribution in [3.63, 3.8) is 0 Å². The van der Waals surface area contributed by atoms with Crippen molar-refractivity contribution in [2.45, 2.75) is 68.3 Å². The number of hydrogen-bond acceptors (Lipinski definition) is 12. The van der Waals surface area contributed by atoms with Crippen molar-refractivity contribution in [3.05, 3.63) is 64.9 Å². The number of furan rings is 1. The Labute approximate surface area is 296 Å². The number of nitrogens with zero attached hydrogens (tertiary/aromatic N) is 5. The third-order valence-electron chi connectivity index (χ3n) is 7.99. The van der Waals surface area contributed by atoms with Crippen molar-refractivity contribution in [2.75, 3.05) is 32.4 Å². The summed E-state index contributed by atoms with van der Waals surface area (Å²) < 4.78 is 57.6. The zero-order valence-electron chi connectivity index (χ0n) is 28.5. The first-order valence-electron chi connectivity index (χ1n) is 16.0. The number of oxime groups is 1. The largest absolute Gasteiger partial charge is 0.442 e. The smallest absolute Gasteiger partial charge is 0.321 e. The number of thiazole rings is 1. The standard InChI is InChI=1S/C32H44N6O9S3/c1-21(2)17-37(50(45,46)28-12-11-25(47-28)16-33-42)19-27(39)26(15-23-9-7-6-8-10-23)35-30(40)29(22(3)4)38-14-13-36(32(38)41)18-24-20-48-31(34-24)49(5,43)44/h6-12,16,20-22,26-27,29,39,42H,13-15,17-19H2,1-5H3,(H,35,40)/b33-16-/t26-,27+,29-/m0/s1. The number of carbonyl (C=O) groups is 2. The number of urea groups is 1. The molecule has 4 rings (SSSR count). The second-order valence-corrected chi connectivity index (χ2v) is 17.9. The molecule has 0 saturated carbocycles.